The first-order chi connectivity index (χ1) is 7.32. The van der Waals surface area contributed by atoms with Crippen LogP contribution in [0.15, 0.2) is 22.8 Å². The highest BCUT2D eigenvalue weighted by Gasteiger charge is 2.42. The lowest BCUT2D eigenvalue weighted by Gasteiger charge is -2.34. The van der Waals surface area contributed by atoms with E-state index in [1.54, 1.807) is 13.4 Å². The van der Waals surface area contributed by atoms with Gasteiger partial charge in [-0.2, -0.15) is 0 Å². The number of nitrogens with one attached hydrogen (secondary N) is 1. The van der Waals surface area contributed by atoms with Crippen molar-refractivity contribution in [3.05, 3.63) is 24.2 Å². The third-order valence-corrected chi connectivity index (χ3v) is 3.50. The number of likely N-dealkylation sites (N-methyl/N-ethyl adjacent to an activating group) is 1. The first-order valence-corrected chi connectivity index (χ1v) is 5.58. The van der Waals surface area contributed by atoms with E-state index in [0.717, 1.165) is 18.6 Å². The Morgan fingerprint density at radius 3 is 2.67 bits per heavy atom. The van der Waals surface area contributed by atoms with Gasteiger partial charge in [0, 0.05) is 7.11 Å². The van der Waals surface area contributed by atoms with Crippen molar-refractivity contribution < 1.29 is 9.15 Å². The molecule has 1 heterocycles. The fourth-order valence-electron chi connectivity index (χ4n) is 2.70. The highest BCUT2D eigenvalue weighted by molar-refractivity contribution is 5.12. The molecule has 1 aliphatic rings. The Morgan fingerprint density at radius 1 is 1.47 bits per heavy atom. The summed E-state index contributed by atoms with van der Waals surface area (Å²) in [6.45, 7) is 0. The fourth-order valence-corrected chi connectivity index (χ4v) is 2.70. The van der Waals surface area contributed by atoms with E-state index in [4.69, 9.17) is 9.15 Å². The van der Waals surface area contributed by atoms with E-state index in [1.165, 1.54) is 12.8 Å². The van der Waals surface area contributed by atoms with Gasteiger partial charge in [0.15, 0.2) is 0 Å². The summed E-state index contributed by atoms with van der Waals surface area (Å²) < 4.78 is 11.2. The Bertz CT molecular complexity index is 289. The largest absolute Gasteiger partial charge is 0.468 e. The molecule has 1 aliphatic carbocycles. The van der Waals surface area contributed by atoms with E-state index in [0.29, 0.717) is 0 Å². The van der Waals surface area contributed by atoms with Gasteiger partial charge in [0.2, 0.25) is 0 Å². The Hall–Kier alpha value is -0.800. The van der Waals surface area contributed by atoms with Crippen LogP contribution in [0.2, 0.25) is 0 Å². The minimum absolute atomic E-state index is 0.0768. The first kappa shape index (κ1) is 10.7. The molecule has 0 saturated heterocycles. The Kier molecular flexibility index (Phi) is 3.12. The summed E-state index contributed by atoms with van der Waals surface area (Å²) in [5.74, 6) is 0.973. The van der Waals surface area contributed by atoms with Crippen molar-refractivity contribution in [2.24, 2.45) is 0 Å². The van der Waals surface area contributed by atoms with Gasteiger partial charge in [-0.3, -0.25) is 0 Å². The van der Waals surface area contributed by atoms with Crippen LogP contribution in [0, 0.1) is 0 Å². The van der Waals surface area contributed by atoms with E-state index < -0.39 is 0 Å². The van der Waals surface area contributed by atoms with Crippen LogP contribution in [-0.4, -0.2) is 19.8 Å². The molecule has 15 heavy (non-hydrogen) atoms. The van der Waals surface area contributed by atoms with E-state index >= 15 is 0 Å². The van der Waals surface area contributed by atoms with Gasteiger partial charge >= 0.3 is 0 Å². The smallest absolute Gasteiger partial charge is 0.123 e. The molecule has 1 fully saturated rings. The maximum atomic E-state index is 5.75. The van der Waals surface area contributed by atoms with Crippen LogP contribution in [0.1, 0.15) is 37.5 Å². The third kappa shape index (κ3) is 1.82. The van der Waals surface area contributed by atoms with Crippen LogP contribution in [0.5, 0.6) is 0 Å². The van der Waals surface area contributed by atoms with Gasteiger partial charge in [0.25, 0.3) is 0 Å². The lowest BCUT2D eigenvalue weighted by molar-refractivity contribution is -0.0401. The van der Waals surface area contributed by atoms with E-state index in [2.05, 4.69) is 5.32 Å². The molecule has 1 atom stereocenters. The van der Waals surface area contributed by atoms with Gasteiger partial charge in [-0.15, -0.1) is 0 Å². The van der Waals surface area contributed by atoms with Crippen molar-refractivity contribution in [1.82, 2.24) is 5.32 Å². The van der Waals surface area contributed by atoms with Gasteiger partial charge < -0.3 is 14.5 Å². The highest BCUT2D eigenvalue weighted by atomic mass is 16.5. The standard InChI is InChI=1S/C12H19NO2/c1-13-11(10-6-5-9-15-10)12(14-2)7-3-4-8-12/h5-6,9,11,13H,3-4,7-8H2,1-2H3. The predicted molar refractivity (Wildman–Crippen MR) is 58.7 cm³/mol. The minimum Gasteiger partial charge on any atom is -0.468 e. The molecule has 3 heteroatoms. The Balaban J connectivity index is 2.24. The van der Waals surface area contributed by atoms with Crippen molar-refractivity contribution >= 4 is 0 Å². The fraction of sp³-hybridized carbons (Fsp3) is 0.667. The molecule has 0 aliphatic heterocycles. The van der Waals surface area contributed by atoms with E-state index in [9.17, 15) is 0 Å². The average Bonchev–Trinajstić information content (AvgIpc) is 2.90. The molecule has 0 spiro atoms. The van der Waals surface area contributed by atoms with Gasteiger partial charge in [-0.1, -0.05) is 12.8 Å². The normalized spacial score (nSPS) is 21.7. The minimum atomic E-state index is -0.0768. The molecule has 1 N–H and O–H groups in total. The number of hydrogen-bond donors (Lipinski definition) is 1. The number of rotatable bonds is 4. The second-order valence-electron chi connectivity index (χ2n) is 4.21. The molecule has 2 rings (SSSR count). The van der Waals surface area contributed by atoms with Gasteiger partial charge in [0.05, 0.1) is 17.9 Å². The number of furan rings is 1. The van der Waals surface area contributed by atoms with Gasteiger partial charge in [0.1, 0.15) is 5.76 Å². The second kappa shape index (κ2) is 4.37. The molecule has 1 aromatic rings. The Morgan fingerprint density at radius 2 is 2.20 bits per heavy atom. The SMILES string of the molecule is CNC(c1ccco1)C1(OC)CCCC1. The van der Waals surface area contributed by atoms with Crippen LogP contribution in [0.25, 0.3) is 0 Å². The molecule has 1 aromatic heterocycles. The quantitative estimate of drug-likeness (QED) is 0.827. The lowest BCUT2D eigenvalue weighted by atomic mass is 9.90. The maximum Gasteiger partial charge on any atom is 0.123 e. The summed E-state index contributed by atoms with van der Waals surface area (Å²) in [6.07, 6.45) is 6.42. The van der Waals surface area contributed by atoms with Crippen molar-refractivity contribution in [1.29, 1.82) is 0 Å². The van der Waals surface area contributed by atoms with Crippen LogP contribution in [0.3, 0.4) is 0 Å². The zero-order valence-electron chi connectivity index (χ0n) is 9.45. The number of methoxy groups -OCH3 is 1. The summed E-state index contributed by atoms with van der Waals surface area (Å²) in [5.41, 5.74) is -0.0768. The second-order valence-corrected chi connectivity index (χ2v) is 4.21. The molecule has 0 radical (unpaired) electrons. The lowest BCUT2D eigenvalue weighted by Crippen LogP contribution is -2.42. The van der Waals surface area contributed by atoms with Gasteiger partial charge in [-0.25, -0.2) is 0 Å². The average molecular weight is 209 g/mol. The third-order valence-electron chi connectivity index (χ3n) is 3.50. The van der Waals surface area contributed by atoms with Crippen LogP contribution >= 0.6 is 0 Å². The molecule has 84 valence electrons. The monoisotopic (exact) mass is 209 g/mol. The molecule has 1 saturated carbocycles. The molecular weight excluding hydrogens is 190 g/mol. The summed E-state index contributed by atoms with van der Waals surface area (Å²) in [6, 6.07) is 4.11. The maximum absolute atomic E-state index is 5.75. The molecule has 1 unspecified atom stereocenters. The zero-order valence-corrected chi connectivity index (χ0v) is 9.45. The Labute approximate surface area is 90.8 Å². The van der Waals surface area contributed by atoms with Crippen molar-refractivity contribution in [3.63, 3.8) is 0 Å². The summed E-state index contributed by atoms with van der Waals surface area (Å²) in [7, 11) is 3.77. The first-order valence-electron chi connectivity index (χ1n) is 5.58. The summed E-state index contributed by atoms with van der Waals surface area (Å²) >= 11 is 0. The molecular formula is C12H19NO2. The summed E-state index contributed by atoms with van der Waals surface area (Å²) in [5, 5.41) is 3.32. The number of hydrogen-bond acceptors (Lipinski definition) is 3. The molecule has 0 aromatic carbocycles. The van der Waals surface area contributed by atoms with Crippen LogP contribution < -0.4 is 5.32 Å². The van der Waals surface area contributed by atoms with Crippen LogP contribution in [-0.2, 0) is 4.74 Å². The van der Waals surface area contributed by atoms with Crippen molar-refractivity contribution in [2.45, 2.75) is 37.3 Å². The van der Waals surface area contributed by atoms with E-state index in [-0.39, 0.29) is 11.6 Å². The molecule has 3 nitrogen and oxygen atoms in total. The molecule has 0 amide bonds. The van der Waals surface area contributed by atoms with Crippen molar-refractivity contribution in [2.75, 3.05) is 14.2 Å². The van der Waals surface area contributed by atoms with Crippen molar-refractivity contribution in [3.8, 4) is 0 Å². The summed E-state index contributed by atoms with van der Waals surface area (Å²) in [4.78, 5) is 0. The van der Waals surface area contributed by atoms with Crippen LogP contribution in [0.4, 0.5) is 0 Å². The predicted octanol–water partition coefficient (Wildman–Crippen LogP) is 2.50. The molecule has 0 bridgehead atoms. The number of ether oxygens (including phenoxy) is 1. The highest BCUT2D eigenvalue weighted by Crippen LogP contribution is 2.42. The van der Waals surface area contributed by atoms with E-state index in [1.807, 2.05) is 19.2 Å². The van der Waals surface area contributed by atoms with Gasteiger partial charge in [-0.05, 0) is 32.0 Å². The zero-order chi connectivity index (χ0) is 10.7. The topological polar surface area (TPSA) is 34.4 Å².